The average Bonchev–Trinajstić information content (AvgIpc) is 2.47. The summed E-state index contributed by atoms with van der Waals surface area (Å²) in [5.74, 6) is -0.195. The Morgan fingerprint density at radius 1 is 1.00 bits per heavy atom. The monoisotopic (exact) mass is 408 g/mol. The number of amides is 2. The fraction of sp³-hybridized carbons (Fsp3) is 0.176. The summed E-state index contributed by atoms with van der Waals surface area (Å²) >= 11 is 2.17. The third-order valence-electron chi connectivity index (χ3n) is 2.97. The summed E-state index contributed by atoms with van der Waals surface area (Å²) in [5.41, 5.74) is 1.93. The summed E-state index contributed by atoms with van der Waals surface area (Å²) in [4.78, 5) is 23.8. The predicted molar refractivity (Wildman–Crippen MR) is 97.1 cm³/mol. The molecule has 5 heteroatoms. The number of nitrogens with one attached hydrogen (secondary N) is 2. The predicted octanol–water partition coefficient (Wildman–Crippen LogP) is 4.28. The molecule has 2 N–H and O–H groups in total. The molecule has 0 aliphatic heterocycles. The number of hydrogen-bond donors (Lipinski definition) is 2. The van der Waals surface area contributed by atoms with E-state index in [1.54, 1.807) is 30.3 Å². The van der Waals surface area contributed by atoms with Gasteiger partial charge in [0.1, 0.15) is 0 Å². The van der Waals surface area contributed by atoms with Crippen molar-refractivity contribution in [2.24, 2.45) is 0 Å². The third-order valence-corrected chi connectivity index (χ3v) is 3.64. The second-order valence-corrected chi connectivity index (χ2v) is 6.09. The second-order valence-electron chi connectivity index (χ2n) is 4.84. The zero-order chi connectivity index (χ0) is 15.9. The van der Waals surface area contributed by atoms with Crippen molar-refractivity contribution in [1.29, 1.82) is 0 Å². The van der Waals surface area contributed by atoms with Gasteiger partial charge in [0.15, 0.2) is 0 Å². The Morgan fingerprint density at radius 3 is 2.36 bits per heavy atom. The standard InChI is InChI=1S/C17H17IN2O2/c1-2-5-16(21)19-14-8-4-9-15(11-14)20-17(22)12-6-3-7-13(18)10-12/h3-4,6-11H,2,5H2,1H3,(H,19,21)(H,20,22). The van der Waals surface area contributed by atoms with Gasteiger partial charge in [-0.3, -0.25) is 9.59 Å². The quantitative estimate of drug-likeness (QED) is 0.726. The van der Waals surface area contributed by atoms with Crippen LogP contribution in [0.15, 0.2) is 48.5 Å². The van der Waals surface area contributed by atoms with Gasteiger partial charge in [-0.15, -0.1) is 0 Å². The highest BCUT2D eigenvalue weighted by Gasteiger charge is 2.07. The number of carbonyl (C=O) groups excluding carboxylic acids is 2. The van der Waals surface area contributed by atoms with Gasteiger partial charge in [0, 0.05) is 26.9 Å². The first-order valence-electron chi connectivity index (χ1n) is 7.05. The molecule has 4 nitrogen and oxygen atoms in total. The number of anilines is 2. The Labute approximate surface area is 143 Å². The maximum atomic E-state index is 12.2. The normalized spacial score (nSPS) is 10.1. The van der Waals surface area contributed by atoms with Crippen LogP contribution >= 0.6 is 22.6 Å². The molecule has 2 aromatic carbocycles. The molecule has 0 unspecified atom stereocenters. The first-order valence-corrected chi connectivity index (χ1v) is 8.13. The Kier molecular flexibility index (Phi) is 5.94. The van der Waals surface area contributed by atoms with Crippen molar-refractivity contribution in [3.05, 3.63) is 57.7 Å². The summed E-state index contributed by atoms with van der Waals surface area (Å²) in [5, 5.41) is 5.65. The molecule has 2 rings (SSSR count). The molecular weight excluding hydrogens is 391 g/mol. The Bertz CT molecular complexity index is 686. The lowest BCUT2D eigenvalue weighted by atomic mass is 10.2. The average molecular weight is 408 g/mol. The molecule has 0 saturated heterocycles. The largest absolute Gasteiger partial charge is 0.326 e. The van der Waals surface area contributed by atoms with Crippen molar-refractivity contribution in [3.63, 3.8) is 0 Å². The summed E-state index contributed by atoms with van der Waals surface area (Å²) < 4.78 is 1.01. The summed E-state index contributed by atoms with van der Waals surface area (Å²) in [6.07, 6.45) is 1.29. The van der Waals surface area contributed by atoms with Gasteiger partial charge in [-0.1, -0.05) is 19.1 Å². The minimum absolute atomic E-state index is 0.0245. The number of hydrogen-bond acceptors (Lipinski definition) is 2. The first-order chi connectivity index (χ1) is 10.6. The first kappa shape index (κ1) is 16.5. The zero-order valence-electron chi connectivity index (χ0n) is 12.2. The highest BCUT2D eigenvalue weighted by Crippen LogP contribution is 2.17. The lowest BCUT2D eigenvalue weighted by molar-refractivity contribution is -0.116. The molecule has 0 aliphatic rings. The Morgan fingerprint density at radius 2 is 1.68 bits per heavy atom. The molecule has 0 spiro atoms. The molecule has 0 radical (unpaired) electrons. The van der Waals surface area contributed by atoms with Gasteiger partial charge < -0.3 is 10.6 Å². The van der Waals surface area contributed by atoms with Gasteiger partial charge in [0.05, 0.1) is 0 Å². The molecule has 2 amide bonds. The van der Waals surface area contributed by atoms with Crippen LogP contribution in [0.3, 0.4) is 0 Å². The van der Waals surface area contributed by atoms with Gasteiger partial charge in [0.25, 0.3) is 5.91 Å². The topological polar surface area (TPSA) is 58.2 Å². The van der Waals surface area contributed by atoms with Crippen LogP contribution in [-0.2, 0) is 4.79 Å². The molecule has 22 heavy (non-hydrogen) atoms. The fourth-order valence-corrected chi connectivity index (χ4v) is 2.50. The van der Waals surface area contributed by atoms with Crippen LogP contribution in [0.5, 0.6) is 0 Å². The lowest BCUT2D eigenvalue weighted by Gasteiger charge is -2.09. The molecule has 0 fully saturated rings. The van der Waals surface area contributed by atoms with Crippen LogP contribution in [0.1, 0.15) is 30.1 Å². The Balaban J connectivity index is 2.07. The third kappa shape index (κ3) is 4.84. The molecule has 0 heterocycles. The summed E-state index contributed by atoms with van der Waals surface area (Å²) in [6, 6.07) is 14.5. The highest BCUT2D eigenvalue weighted by atomic mass is 127. The van der Waals surface area contributed by atoms with Crippen LogP contribution in [0.4, 0.5) is 11.4 Å². The number of carbonyl (C=O) groups is 2. The van der Waals surface area contributed by atoms with Crippen molar-refractivity contribution in [1.82, 2.24) is 0 Å². The van der Waals surface area contributed by atoms with E-state index >= 15 is 0 Å². The summed E-state index contributed by atoms with van der Waals surface area (Å²) in [7, 11) is 0. The van der Waals surface area contributed by atoms with E-state index in [2.05, 4.69) is 33.2 Å². The van der Waals surface area contributed by atoms with Crippen LogP contribution in [-0.4, -0.2) is 11.8 Å². The van der Waals surface area contributed by atoms with Crippen molar-refractivity contribution >= 4 is 45.8 Å². The zero-order valence-corrected chi connectivity index (χ0v) is 14.4. The molecule has 0 aromatic heterocycles. The van der Waals surface area contributed by atoms with Crippen LogP contribution in [0.25, 0.3) is 0 Å². The van der Waals surface area contributed by atoms with E-state index in [9.17, 15) is 9.59 Å². The Hall–Kier alpha value is -1.89. The van der Waals surface area contributed by atoms with Crippen molar-refractivity contribution in [2.45, 2.75) is 19.8 Å². The van der Waals surface area contributed by atoms with Gasteiger partial charge in [0.2, 0.25) is 5.91 Å². The minimum Gasteiger partial charge on any atom is -0.326 e. The van der Waals surface area contributed by atoms with E-state index in [0.29, 0.717) is 23.4 Å². The molecule has 0 aliphatic carbocycles. The highest BCUT2D eigenvalue weighted by molar-refractivity contribution is 14.1. The number of benzene rings is 2. The maximum Gasteiger partial charge on any atom is 0.255 e. The number of rotatable bonds is 5. The molecular formula is C17H17IN2O2. The van der Waals surface area contributed by atoms with Gasteiger partial charge >= 0.3 is 0 Å². The van der Waals surface area contributed by atoms with E-state index < -0.39 is 0 Å². The van der Waals surface area contributed by atoms with Crippen LogP contribution < -0.4 is 10.6 Å². The second kappa shape index (κ2) is 7.93. The van der Waals surface area contributed by atoms with Crippen LogP contribution in [0.2, 0.25) is 0 Å². The fourth-order valence-electron chi connectivity index (χ4n) is 1.96. The smallest absolute Gasteiger partial charge is 0.255 e. The van der Waals surface area contributed by atoms with E-state index in [-0.39, 0.29) is 11.8 Å². The van der Waals surface area contributed by atoms with Gasteiger partial charge in [-0.2, -0.15) is 0 Å². The van der Waals surface area contributed by atoms with E-state index in [1.165, 1.54) is 0 Å². The molecule has 0 atom stereocenters. The van der Waals surface area contributed by atoms with Crippen molar-refractivity contribution < 1.29 is 9.59 Å². The van der Waals surface area contributed by atoms with Crippen LogP contribution in [0, 0.1) is 3.57 Å². The van der Waals surface area contributed by atoms with Gasteiger partial charge in [-0.05, 0) is 65.4 Å². The van der Waals surface area contributed by atoms with Crippen molar-refractivity contribution in [3.8, 4) is 0 Å². The number of halogens is 1. The molecule has 0 bridgehead atoms. The lowest BCUT2D eigenvalue weighted by Crippen LogP contribution is -2.13. The SMILES string of the molecule is CCCC(=O)Nc1cccc(NC(=O)c2cccc(I)c2)c1. The van der Waals surface area contributed by atoms with Gasteiger partial charge in [-0.25, -0.2) is 0 Å². The molecule has 2 aromatic rings. The van der Waals surface area contributed by atoms with E-state index in [1.807, 2.05) is 25.1 Å². The molecule has 114 valence electrons. The minimum atomic E-state index is -0.171. The van der Waals surface area contributed by atoms with Crippen molar-refractivity contribution in [2.75, 3.05) is 10.6 Å². The maximum absolute atomic E-state index is 12.2. The molecule has 0 saturated carbocycles. The summed E-state index contributed by atoms with van der Waals surface area (Å²) in [6.45, 7) is 1.96. The van der Waals surface area contributed by atoms with E-state index in [4.69, 9.17) is 0 Å². The van der Waals surface area contributed by atoms with E-state index in [0.717, 1.165) is 9.99 Å².